The van der Waals surface area contributed by atoms with E-state index in [2.05, 4.69) is 4.98 Å². The van der Waals surface area contributed by atoms with E-state index in [9.17, 15) is 13.2 Å². The maximum Gasteiger partial charge on any atom is 0.420 e. The average molecular weight is 207 g/mol. The van der Waals surface area contributed by atoms with Crippen LogP contribution in [0.5, 0.6) is 5.75 Å². The van der Waals surface area contributed by atoms with Crippen LogP contribution in [0, 0.1) is 0 Å². The Morgan fingerprint density at radius 1 is 1.50 bits per heavy atom. The van der Waals surface area contributed by atoms with Gasteiger partial charge in [0.25, 0.3) is 0 Å². The Morgan fingerprint density at radius 2 is 2.14 bits per heavy atom. The summed E-state index contributed by atoms with van der Waals surface area (Å²) in [6, 6.07) is 2.44. The lowest BCUT2D eigenvalue weighted by molar-refractivity contribution is -0.208. The number of nitrogens with zero attached hydrogens (tertiary/aromatic N) is 1. The first-order chi connectivity index (χ1) is 6.45. The van der Waals surface area contributed by atoms with Crippen molar-refractivity contribution in [1.82, 2.24) is 4.98 Å². The molecule has 1 aromatic rings. The van der Waals surface area contributed by atoms with Crippen LogP contribution in [0.2, 0.25) is 0 Å². The number of alkyl halides is 3. The molecule has 1 N–H and O–H groups in total. The van der Waals surface area contributed by atoms with E-state index in [1.165, 1.54) is 13.2 Å². The quantitative estimate of drug-likeness (QED) is 0.802. The molecular formula is C8H8F3NO2. The fourth-order valence-electron chi connectivity index (χ4n) is 0.872. The van der Waals surface area contributed by atoms with E-state index in [-0.39, 0.29) is 5.75 Å². The van der Waals surface area contributed by atoms with Gasteiger partial charge in [-0.25, -0.2) is 0 Å². The number of aliphatic hydroxyl groups excluding tert-OH is 1. The normalized spacial score (nSPS) is 13.8. The second-order valence-electron chi connectivity index (χ2n) is 2.56. The maximum atomic E-state index is 12.0. The number of halogens is 3. The predicted octanol–water partition coefficient (Wildman–Crippen LogP) is 1.69. The highest BCUT2D eigenvalue weighted by Crippen LogP contribution is 2.32. The van der Waals surface area contributed by atoms with Gasteiger partial charge in [-0.3, -0.25) is 4.98 Å². The van der Waals surface area contributed by atoms with Crippen LogP contribution in [0.25, 0.3) is 0 Å². The first-order valence-corrected chi connectivity index (χ1v) is 3.70. The summed E-state index contributed by atoms with van der Waals surface area (Å²) >= 11 is 0. The van der Waals surface area contributed by atoms with Gasteiger partial charge in [0.05, 0.1) is 12.8 Å². The van der Waals surface area contributed by atoms with Crippen molar-refractivity contribution in [3.05, 3.63) is 24.0 Å². The van der Waals surface area contributed by atoms with Gasteiger partial charge in [-0.15, -0.1) is 0 Å². The third-order valence-electron chi connectivity index (χ3n) is 1.58. The fraction of sp³-hybridized carbons (Fsp3) is 0.375. The largest absolute Gasteiger partial charge is 0.497 e. The molecule has 3 nitrogen and oxygen atoms in total. The zero-order chi connectivity index (χ0) is 10.8. The van der Waals surface area contributed by atoms with Crippen molar-refractivity contribution >= 4 is 0 Å². The highest BCUT2D eigenvalue weighted by atomic mass is 19.4. The summed E-state index contributed by atoms with van der Waals surface area (Å²) in [5.41, 5.74) is -0.475. The molecule has 0 bridgehead atoms. The smallest absolute Gasteiger partial charge is 0.420 e. The van der Waals surface area contributed by atoms with Crippen molar-refractivity contribution in [1.29, 1.82) is 0 Å². The Hall–Kier alpha value is -1.30. The van der Waals surface area contributed by atoms with Gasteiger partial charge in [0.15, 0.2) is 6.10 Å². The molecule has 78 valence electrons. The van der Waals surface area contributed by atoms with Gasteiger partial charge in [-0.2, -0.15) is 13.2 Å². The van der Waals surface area contributed by atoms with Crippen LogP contribution in [0.15, 0.2) is 18.3 Å². The van der Waals surface area contributed by atoms with E-state index >= 15 is 0 Å². The van der Waals surface area contributed by atoms with Crippen molar-refractivity contribution < 1.29 is 23.0 Å². The van der Waals surface area contributed by atoms with Gasteiger partial charge in [-0.05, 0) is 6.07 Å². The van der Waals surface area contributed by atoms with Crippen molar-refractivity contribution in [3.63, 3.8) is 0 Å². The highest BCUT2D eigenvalue weighted by Gasteiger charge is 2.40. The predicted molar refractivity (Wildman–Crippen MR) is 41.8 cm³/mol. The molecule has 0 radical (unpaired) electrons. The van der Waals surface area contributed by atoms with Crippen LogP contribution in [-0.4, -0.2) is 23.4 Å². The molecule has 6 heteroatoms. The minimum atomic E-state index is -4.71. The molecular weight excluding hydrogens is 199 g/mol. The molecule has 14 heavy (non-hydrogen) atoms. The second-order valence-corrected chi connectivity index (χ2v) is 2.56. The van der Waals surface area contributed by atoms with Gasteiger partial charge in [0.1, 0.15) is 5.75 Å². The molecule has 0 aliphatic heterocycles. The number of methoxy groups -OCH3 is 1. The molecule has 0 saturated heterocycles. The monoisotopic (exact) mass is 207 g/mol. The third kappa shape index (κ3) is 2.35. The molecule has 1 rings (SSSR count). The number of pyridine rings is 1. The van der Waals surface area contributed by atoms with Crippen molar-refractivity contribution in [2.45, 2.75) is 12.3 Å². The number of ether oxygens (including phenoxy) is 1. The van der Waals surface area contributed by atoms with Crippen molar-refractivity contribution in [2.24, 2.45) is 0 Å². The lowest BCUT2D eigenvalue weighted by atomic mass is 10.2. The minimum absolute atomic E-state index is 0.221. The summed E-state index contributed by atoms with van der Waals surface area (Å²) in [7, 11) is 1.32. The third-order valence-corrected chi connectivity index (χ3v) is 1.58. The van der Waals surface area contributed by atoms with E-state index in [0.29, 0.717) is 0 Å². The Kier molecular flexibility index (Phi) is 2.95. The summed E-state index contributed by atoms with van der Waals surface area (Å²) in [4.78, 5) is 3.40. The van der Waals surface area contributed by atoms with Crippen molar-refractivity contribution in [2.75, 3.05) is 7.11 Å². The number of hydrogen-bond donors (Lipinski definition) is 1. The summed E-state index contributed by atoms with van der Waals surface area (Å²) in [5, 5.41) is 8.83. The summed E-state index contributed by atoms with van der Waals surface area (Å²) in [6.07, 6.45) is -6.14. The molecule has 0 aliphatic carbocycles. The SMILES string of the molecule is COc1ccnc([C@@H](O)C(F)(F)F)c1. The van der Waals surface area contributed by atoms with E-state index in [1.807, 2.05) is 0 Å². The standard InChI is InChI=1S/C8H8F3NO2/c1-14-5-2-3-12-6(4-5)7(13)8(9,10)11/h2-4,7,13H,1H3/t7-/m1/s1. The fourth-order valence-corrected chi connectivity index (χ4v) is 0.872. The van der Waals surface area contributed by atoms with E-state index in [0.717, 1.165) is 12.3 Å². The van der Waals surface area contributed by atoms with Crippen LogP contribution in [-0.2, 0) is 0 Å². The summed E-state index contributed by atoms with van der Waals surface area (Å²) in [6.45, 7) is 0. The van der Waals surface area contributed by atoms with E-state index in [1.54, 1.807) is 0 Å². The lowest BCUT2D eigenvalue weighted by Gasteiger charge is -2.14. The average Bonchev–Trinajstić information content (AvgIpc) is 2.15. The van der Waals surface area contributed by atoms with Crippen molar-refractivity contribution in [3.8, 4) is 5.75 Å². The number of hydrogen-bond acceptors (Lipinski definition) is 3. The molecule has 0 spiro atoms. The molecule has 0 unspecified atom stereocenters. The Bertz CT molecular complexity index is 314. The molecule has 0 aromatic carbocycles. The Labute approximate surface area is 78.2 Å². The van der Waals surface area contributed by atoms with E-state index < -0.39 is 18.0 Å². The minimum Gasteiger partial charge on any atom is -0.497 e. The maximum absolute atomic E-state index is 12.0. The van der Waals surface area contributed by atoms with Crippen LogP contribution in [0.3, 0.4) is 0 Å². The Morgan fingerprint density at radius 3 is 2.64 bits per heavy atom. The molecule has 1 aromatic heterocycles. The topological polar surface area (TPSA) is 42.4 Å². The van der Waals surface area contributed by atoms with Gasteiger partial charge in [0.2, 0.25) is 0 Å². The summed E-state index contributed by atoms with van der Waals surface area (Å²) in [5.74, 6) is 0.221. The van der Waals surface area contributed by atoms with Crippen LogP contribution < -0.4 is 4.74 Å². The Balaban J connectivity index is 2.95. The first-order valence-electron chi connectivity index (χ1n) is 3.70. The van der Waals surface area contributed by atoms with Crippen LogP contribution >= 0.6 is 0 Å². The zero-order valence-corrected chi connectivity index (χ0v) is 7.25. The number of aliphatic hydroxyl groups is 1. The zero-order valence-electron chi connectivity index (χ0n) is 7.25. The van der Waals surface area contributed by atoms with Gasteiger partial charge < -0.3 is 9.84 Å². The summed E-state index contributed by atoms with van der Waals surface area (Å²) < 4.78 is 40.8. The van der Waals surface area contributed by atoms with E-state index in [4.69, 9.17) is 9.84 Å². The van der Waals surface area contributed by atoms with Gasteiger partial charge >= 0.3 is 6.18 Å². The van der Waals surface area contributed by atoms with Crippen LogP contribution in [0.4, 0.5) is 13.2 Å². The molecule has 1 atom stereocenters. The lowest BCUT2D eigenvalue weighted by Crippen LogP contribution is -2.21. The molecule has 0 amide bonds. The molecule has 0 saturated carbocycles. The molecule has 0 fully saturated rings. The molecule has 0 aliphatic rings. The van der Waals surface area contributed by atoms with Gasteiger partial charge in [0, 0.05) is 12.3 Å². The van der Waals surface area contributed by atoms with Crippen LogP contribution in [0.1, 0.15) is 11.8 Å². The first kappa shape index (κ1) is 10.8. The second kappa shape index (κ2) is 3.83. The van der Waals surface area contributed by atoms with Gasteiger partial charge in [-0.1, -0.05) is 0 Å². The molecule has 1 heterocycles. The number of aromatic nitrogens is 1. The highest BCUT2D eigenvalue weighted by molar-refractivity contribution is 5.24. The number of rotatable bonds is 2.